The van der Waals surface area contributed by atoms with Crippen LogP contribution in [0.1, 0.15) is 17.3 Å². The van der Waals surface area contributed by atoms with Crippen LogP contribution in [0.15, 0.2) is 40.3 Å². The van der Waals surface area contributed by atoms with E-state index in [0.29, 0.717) is 19.0 Å². The van der Waals surface area contributed by atoms with Gasteiger partial charge in [0.25, 0.3) is 0 Å². The first kappa shape index (κ1) is 13.9. The number of oxazole rings is 1. The molecule has 0 aliphatic rings. The minimum absolute atomic E-state index is 0.238. The highest BCUT2D eigenvalue weighted by molar-refractivity contribution is 7.13. The molecule has 3 aromatic rings. The molecule has 1 aromatic carbocycles. The van der Waals surface area contributed by atoms with Gasteiger partial charge in [0, 0.05) is 17.5 Å². The number of hydrogen-bond acceptors (Lipinski definition) is 5. The lowest BCUT2D eigenvalue weighted by molar-refractivity contribution is 0.448. The van der Waals surface area contributed by atoms with Crippen LogP contribution in [0, 0.1) is 12.7 Å². The van der Waals surface area contributed by atoms with Gasteiger partial charge in [-0.1, -0.05) is 0 Å². The number of nitrogens with one attached hydrogen (secondary N) is 1. The highest BCUT2D eigenvalue weighted by Crippen LogP contribution is 2.23. The molecule has 3 rings (SSSR count). The fourth-order valence-corrected chi connectivity index (χ4v) is 2.72. The lowest BCUT2D eigenvalue weighted by Gasteiger charge is -1.99. The van der Waals surface area contributed by atoms with Crippen LogP contribution in [0.2, 0.25) is 0 Å². The van der Waals surface area contributed by atoms with Crippen molar-refractivity contribution in [3.8, 4) is 10.6 Å². The normalized spacial score (nSPS) is 11.0. The number of thiazole rings is 1. The molecule has 0 saturated heterocycles. The van der Waals surface area contributed by atoms with Crippen LogP contribution >= 0.6 is 11.3 Å². The molecule has 0 fully saturated rings. The maximum absolute atomic E-state index is 12.9. The summed E-state index contributed by atoms with van der Waals surface area (Å²) in [5.74, 6) is 1.24. The van der Waals surface area contributed by atoms with Gasteiger partial charge in [0.1, 0.15) is 16.6 Å². The number of rotatable bonds is 5. The second-order valence-corrected chi connectivity index (χ2v) is 5.48. The van der Waals surface area contributed by atoms with Gasteiger partial charge in [0.05, 0.1) is 18.4 Å². The highest BCUT2D eigenvalue weighted by atomic mass is 32.1. The lowest BCUT2D eigenvalue weighted by atomic mass is 10.2. The molecule has 6 heteroatoms. The number of nitrogens with zero attached hydrogens (tertiary/aromatic N) is 2. The summed E-state index contributed by atoms with van der Waals surface area (Å²) in [7, 11) is 0. The molecule has 0 amide bonds. The van der Waals surface area contributed by atoms with Crippen molar-refractivity contribution in [2.45, 2.75) is 20.0 Å². The van der Waals surface area contributed by atoms with Gasteiger partial charge in [-0.25, -0.2) is 14.4 Å². The lowest BCUT2D eigenvalue weighted by Crippen LogP contribution is -2.13. The van der Waals surface area contributed by atoms with Crippen molar-refractivity contribution >= 4 is 11.3 Å². The van der Waals surface area contributed by atoms with Crippen LogP contribution in [-0.4, -0.2) is 9.97 Å². The summed E-state index contributed by atoms with van der Waals surface area (Å²) < 4.78 is 18.3. The van der Waals surface area contributed by atoms with E-state index < -0.39 is 0 Å². The molecule has 0 atom stereocenters. The third kappa shape index (κ3) is 3.53. The second-order valence-electron chi connectivity index (χ2n) is 4.62. The summed E-state index contributed by atoms with van der Waals surface area (Å²) in [6.45, 7) is 3.07. The third-order valence-electron chi connectivity index (χ3n) is 2.89. The Bertz CT molecular complexity index is 721. The first-order chi connectivity index (χ1) is 10.2. The van der Waals surface area contributed by atoms with Gasteiger partial charge in [-0.15, -0.1) is 11.3 Å². The van der Waals surface area contributed by atoms with Crippen LogP contribution in [0.3, 0.4) is 0 Å². The minimum atomic E-state index is -0.238. The Morgan fingerprint density at radius 2 is 2.05 bits per heavy atom. The molecule has 2 heterocycles. The zero-order chi connectivity index (χ0) is 14.7. The van der Waals surface area contributed by atoms with E-state index in [0.717, 1.165) is 22.0 Å². The molecular weight excluding hydrogens is 289 g/mol. The highest BCUT2D eigenvalue weighted by Gasteiger charge is 2.06. The Hall–Kier alpha value is -2.05. The van der Waals surface area contributed by atoms with Crippen LogP contribution in [0.5, 0.6) is 0 Å². The number of benzene rings is 1. The Balaban J connectivity index is 1.59. The zero-order valence-electron chi connectivity index (χ0n) is 11.5. The van der Waals surface area contributed by atoms with E-state index in [4.69, 9.17) is 4.42 Å². The van der Waals surface area contributed by atoms with E-state index in [1.807, 2.05) is 12.3 Å². The molecule has 0 aliphatic heterocycles. The summed E-state index contributed by atoms with van der Waals surface area (Å²) >= 11 is 1.55. The maximum atomic E-state index is 12.9. The number of aryl methyl sites for hydroxylation is 1. The Kier molecular flexibility index (Phi) is 4.08. The summed E-state index contributed by atoms with van der Waals surface area (Å²) in [4.78, 5) is 8.65. The predicted molar refractivity (Wildman–Crippen MR) is 79.3 cm³/mol. The monoisotopic (exact) mass is 303 g/mol. The molecule has 0 spiro atoms. The van der Waals surface area contributed by atoms with Crippen molar-refractivity contribution in [2.24, 2.45) is 0 Å². The largest absolute Gasteiger partial charge is 0.445 e. The average molecular weight is 303 g/mol. The van der Waals surface area contributed by atoms with E-state index in [2.05, 4.69) is 15.3 Å². The van der Waals surface area contributed by atoms with Crippen molar-refractivity contribution in [3.63, 3.8) is 0 Å². The Morgan fingerprint density at radius 3 is 2.76 bits per heavy atom. The third-order valence-corrected chi connectivity index (χ3v) is 3.83. The zero-order valence-corrected chi connectivity index (χ0v) is 12.3. The van der Waals surface area contributed by atoms with E-state index in [1.165, 1.54) is 12.1 Å². The summed E-state index contributed by atoms with van der Waals surface area (Å²) in [5.41, 5.74) is 1.87. The molecule has 2 aromatic heterocycles. The second kappa shape index (κ2) is 6.15. The smallest absolute Gasteiger partial charge is 0.208 e. The molecule has 0 saturated carbocycles. The standard InChI is InChI=1S/C15H14FN3OS/c1-10-6-18-14(20-10)8-17-7-13-9-21-15(19-13)11-2-4-12(16)5-3-11/h2-6,9,17H,7-8H2,1H3. The molecule has 0 bridgehead atoms. The van der Waals surface area contributed by atoms with Crippen LogP contribution in [-0.2, 0) is 13.1 Å². The van der Waals surface area contributed by atoms with E-state index in [-0.39, 0.29) is 5.82 Å². The van der Waals surface area contributed by atoms with Crippen molar-refractivity contribution in [3.05, 3.63) is 59.0 Å². The topological polar surface area (TPSA) is 51.0 Å². The Labute approximate surface area is 125 Å². The molecule has 21 heavy (non-hydrogen) atoms. The average Bonchev–Trinajstić information content (AvgIpc) is 3.09. The fraction of sp³-hybridized carbons (Fsp3) is 0.200. The van der Waals surface area contributed by atoms with E-state index >= 15 is 0 Å². The maximum Gasteiger partial charge on any atom is 0.208 e. The van der Waals surface area contributed by atoms with Crippen LogP contribution in [0.4, 0.5) is 4.39 Å². The summed E-state index contributed by atoms with van der Waals surface area (Å²) in [6, 6.07) is 6.36. The Morgan fingerprint density at radius 1 is 1.24 bits per heavy atom. The van der Waals surface area contributed by atoms with Gasteiger partial charge in [-0.3, -0.25) is 0 Å². The van der Waals surface area contributed by atoms with Crippen molar-refractivity contribution in [1.29, 1.82) is 0 Å². The van der Waals surface area contributed by atoms with Gasteiger partial charge in [-0.05, 0) is 31.2 Å². The van der Waals surface area contributed by atoms with Crippen molar-refractivity contribution in [2.75, 3.05) is 0 Å². The summed E-state index contributed by atoms with van der Waals surface area (Å²) in [5, 5.41) is 6.11. The first-order valence-electron chi connectivity index (χ1n) is 6.53. The van der Waals surface area contributed by atoms with Crippen molar-refractivity contribution < 1.29 is 8.81 Å². The molecular formula is C15H14FN3OS. The quantitative estimate of drug-likeness (QED) is 0.783. The SMILES string of the molecule is Cc1cnc(CNCc2csc(-c3ccc(F)cc3)n2)o1. The fourth-order valence-electron chi connectivity index (χ4n) is 1.89. The summed E-state index contributed by atoms with van der Waals surface area (Å²) in [6.07, 6.45) is 1.70. The minimum Gasteiger partial charge on any atom is -0.445 e. The van der Waals surface area contributed by atoms with Gasteiger partial charge in [-0.2, -0.15) is 0 Å². The van der Waals surface area contributed by atoms with E-state index in [9.17, 15) is 4.39 Å². The van der Waals surface area contributed by atoms with Gasteiger partial charge in [0.2, 0.25) is 5.89 Å². The first-order valence-corrected chi connectivity index (χ1v) is 7.41. The van der Waals surface area contributed by atoms with Crippen LogP contribution < -0.4 is 5.32 Å². The number of halogens is 1. The van der Waals surface area contributed by atoms with Crippen LogP contribution in [0.25, 0.3) is 10.6 Å². The molecule has 0 aliphatic carbocycles. The van der Waals surface area contributed by atoms with Gasteiger partial charge >= 0.3 is 0 Å². The number of aromatic nitrogens is 2. The van der Waals surface area contributed by atoms with Gasteiger partial charge in [0.15, 0.2) is 0 Å². The number of hydrogen-bond donors (Lipinski definition) is 1. The van der Waals surface area contributed by atoms with Gasteiger partial charge < -0.3 is 9.73 Å². The molecule has 4 nitrogen and oxygen atoms in total. The van der Waals surface area contributed by atoms with Crippen molar-refractivity contribution in [1.82, 2.24) is 15.3 Å². The predicted octanol–water partition coefficient (Wildman–Crippen LogP) is 3.54. The molecule has 1 N–H and O–H groups in total. The molecule has 108 valence electrons. The van der Waals surface area contributed by atoms with E-state index in [1.54, 1.807) is 29.7 Å². The molecule has 0 radical (unpaired) electrons. The molecule has 0 unspecified atom stereocenters.